The van der Waals surface area contributed by atoms with Crippen molar-refractivity contribution in [1.82, 2.24) is 0 Å². The second kappa shape index (κ2) is 9.67. The predicted molar refractivity (Wildman–Crippen MR) is 157 cm³/mol. The van der Waals surface area contributed by atoms with E-state index in [0.29, 0.717) is 0 Å². The Morgan fingerprint density at radius 1 is 0.667 bits per heavy atom. The Hall–Kier alpha value is -2.64. The first-order valence-corrected chi connectivity index (χ1v) is 13.0. The van der Waals surface area contributed by atoms with E-state index in [1.54, 1.807) is 0 Å². The van der Waals surface area contributed by atoms with Crippen LogP contribution in [0.3, 0.4) is 0 Å². The Balaban J connectivity index is 2.14. The Kier molecular flexibility index (Phi) is 7.10. The van der Waals surface area contributed by atoms with E-state index in [0.717, 1.165) is 11.0 Å². The van der Waals surface area contributed by atoms with Crippen molar-refractivity contribution in [1.29, 1.82) is 0 Å². The number of benzene rings is 3. The molecule has 3 aromatic carbocycles. The highest BCUT2D eigenvalue weighted by Crippen LogP contribution is 2.39. The average molecular weight is 477 g/mol. The van der Waals surface area contributed by atoms with Crippen molar-refractivity contribution in [3.8, 4) is 0 Å². The summed E-state index contributed by atoms with van der Waals surface area (Å²) in [7, 11) is -0.503. The average Bonchev–Trinajstić information content (AvgIpc) is 2.97. The molecule has 0 bridgehead atoms. The fourth-order valence-electron chi connectivity index (χ4n) is 5.60. The van der Waals surface area contributed by atoms with Gasteiger partial charge in [-0.15, -0.1) is 0 Å². The normalized spacial score (nSPS) is 16.1. The molecule has 0 radical (unpaired) electrons. The van der Waals surface area contributed by atoms with Gasteiger partial charge in [-0.2, -0.15) is 0 Å². The Morgan fingerprint density at radius 3 is 1.44 bits per heavy atom. The van der Waals surface area contributed by atoms with Crippen LogP contribution in [-0.4, -0.2) is 30.3 Å². The van der Waals surface area contributed by atoms with Crippen LogP contribution in [-0.2, 0) is 9.31 Å². The molecule has 0 atom stereocenters. The van der Waals surface area contributed by atoms with Crippen LogP contribution in [0.2, 0.25) is 0 Å². The van der Waals surface area contributed by atoms with Crippen LogP contribution in [0, 0.1) is 41.5 Å². The summed E-state index contributed by atoms with van der Waals surface area (Å²) in [4.78, 5) is 0. The number of aryl methyl sites for hydroxylation is 6. The molecule has 3 aromatic rings. The summed E-state index contributed by atoms with van der Waals surface area (Å²) in [5, 5.41) is 0. The SMILES string of the molecule is Cc1cc(C)c([B-](=C=C(B2OC(C)(C)C(C)(C)O2)c2ccccc2)c2c(C)cc(C)cc2C)c(C)c1. The van der Waals surface area contributed by atoms with Gasteiger partial charge >= 0.3 is 7.12 Å². The number of hydrogen-bond acceptors (Lipinski definition) is 2. The molecule has 1 aliphatic rings. The van der Waals surface area contributed by atoms with Gasteiger partial charge in [0.05, 0.1) is 11.2 Å². The van der Waals surface area contributed by atoms with E-state index in [-0.39, 0.29) is 6.35 Å². The second-order valence-electron chi connectivity index (χ2n) is 11.6. The minimum atomic E-state index is -0.503. The molecule has 2 nitrogen and oxygen atoms in total. The van der Waals surface area contributed by atoms with Crippen LogP contribution < -0.4 is 10.9 Å². The Morgan fingerprint density at radius 2 is 1.06 bits per heavy atom. The molecule has 36 heavy (non-hydrogen) atoms. The van der Waals surface area contributed by atoms with Gasteiger partial charge < -0.3 is 14.9 Å². The van der Waals surface area contributed by atoms with Crippen LogP contribution in [0.5, 0.6) is 0 Å². The lowest BCUT2D eigenvalue weighted by Gasteiger charge is -2.32. The molecule has 4 rings (SSSR count). The zero-order valence-electron chi connectivity index (χ0n) is 23.7. The molecule has 1 aliphatic heterocycles. The highest BCUT2D eigenvalue weighted by atomic mass is 16.7. The second-order valence-corrected chi connectivity index (χ2v) is 11.6. The van der Waals surface area contributed by atoms with Gasteiger partial charge in [0.15, 0.2) is 0 Å². The summed E-state index contributed by atoms with van der Waals surface area (Å²) in [5.74, 6) is 0. The highest BCUT2D eigenvalue weighted by molar-refractivity contribution is 6.93. The first kappa shape index (κ1) is 26.4. The van der Waals surface area contributed by atoms with Crippen molar-refractivity contribution in [2.75, 3.05) is 0 Å². The van der Waals surface area contributed by atoms with Crippen molar-refractivity contribution in [2.24, 2.45) is 0 Å². The van der Waals surface area contributed by atoms with Crippen LogP contribution in [0.4, 0.5) is 0 Å². The fourth-order valence-corrected chi connectivity index (χ4v) is 5.60. The van der Waals surface area contributed by atoms with Crippen LogP contribution in [0.25, 0.3) is 5.47 Å². The largest absolute Gasteiger partial charge is 0.499 e. The van der Waals surface area contributed by atoms with E-state index in [9.17, 15) is 0 Å². The molecular formula is C32H39B2O2-. The third-order valence-electron chi connectivity index (χ3n) is 7.93. The van der Waals surface area contributed by atoms with Crippen LogP contribution in [0.1, 0.15) is 66.6 Å². The van der Waals surface area contributed by atoms with E-state index in [1.165, 1.54) is 44.3 Å². The molecule has 0 spiro atoms. The van der Waals surface area contributed by atoms with Gasteiger partial charge in [-0.1, -0.05) is 88.0 Å². The maximum absolute atomic E-state index is 6.59. The van der Waals surface area contributed by atoms with Crippen molar-refractivity contribution in [2.45, 2.75) is 80.4 Å². The van der Waals surface area contributed by atoms with Gasteiger partial charge in [-0.05, 0) is 86.6 Å². The van der Waals surface area contributed by atoms with Gasteiger partial charge in [-0.25, -0.2) is 10.9 Å². The Bertz CT molecular complexity index is 1260. The van der Waals surface area contributed by atoms with Gasteiger partial charge in [0, 0.05) is 0 Å². The predicted octanol–water partition coefficient (Wildman–Crippen LogP) is 5.84. The third-order valence-corrected chi connectivity index (χ3v) is 7.93. The molecule has 1 saturated heterocycles. The molecule has 186 valence electrons. The lowest BCUT2D eigenvalue weighted by atomic mass is 9.47. The smallest absolute Gasteiger partial charge is 0.399 e. The van der Waals surface area contributed by atoms with Gasteiger partial charge in [0.1, 0.15) is 0 Å². The zero-order valence-corrected chi connectivity index (χ0v) is 23.7. The summed E-state index contributed by atoms with van der Waals surface area (Å²) in [5.41, 5.74) is 15.5. The summed E-state index contributed by atoms with van der Waals surface area (Å²) >= 11 is 0. The molecule has 0 amide bonds. The maximum atomic E-state index is 6.59. The van der Waals surface area contributed by atoms with Crippen LogP contribution >= 0.6 is 0 Å². The summed E-state index contributed by atoms with van der Waals surface area (Å²) in [6.07, 6.45) is -0.0552. The molecule has 0 aromatic heterocycles. The van der Waals surface area contributed by atoms with Crippen molar-refractivity contribution in [3.05, 3.63) is 93.5 Å². The Labute approximate surface area is 218 Å². The van der Waals surface area contributed by atoms with E-state index in [1.807, 2.05) is 6.07 Å². The van der Waals surface area contributed by atoms with Gasteiger partial charge in [-0.3, -0.25) is 0 Å². The number of rotatable bonds is 4. The summed E-state index contributed by atoms with van der Waals surface area (Å²) in [6, 6.07) is 19.6. The molecular weight excluding hydrogens is 438 g/mol. The summed E-state index contributed by atoms with van der Waals surface area (Å²) in [6.45, 7) is 21.6. The van der Waals surface area contributed by atoms with E-state index < -0.39 is 18.3 Å². The third kappa shape index (κ3) is 4.96. The molecule has 0 saturated carbocycles. The summed E-state index contributed by atoms with van der Waals surface area (Å²) < 4.78 is 13.2. The van der Waals surface area contributed by atoms with Crippen molar-refractivity contribution < 1.29 is 9.31 Å². The molecule has 0 aliphatic carbocycles. The zero-order chi connectivity index (χ0) is 26.4. The minimum absolute atomic E-state index is 0.0552. The van der Waals surface area contributed by atoms with E-state index in [2.05, 4.69) is 123 Å². The first-order chi connectivity index (χ1) is 16.8. The first-order valence-electron chi connectivity index (χ1n) is 13.0. The minimum Gasteiger partial charge on any atom is -0.399 e. The van der Waals surface area contributed by atoms with Crippen molar-refractivity contribution in [3.63, 3.8) is 0 Å². The lowest BCUT2D eigenvalue weighted by Crippen LogP contribution is -2.42. The topological polar surface area (TPSA) is 18.5 Å². The fraction of sp³-hybridized carbons (Fsp3) is 0.375. The molecule has 0 unspecified atom stereocenters. The monoisotopic (exact) mass is 477 g/mol. The van der Waals surface area contributed by atoms with Gasteiger partial charge in [0.2, 0.25) is 0 Å². The van der Waals surface area contributed by atoms with Gasteiger partial charge in [0.25, 0.3) is 0 Å². The van der Waals surface area contributed by atoms with Crippen LogP contribution in [0.15, 0.2) is 54.6 Å². The molecule has 1 fully saturated rings. The number of hydrogen-bond donors (Lipinski definition) is 0. The highest BCUT2D eigenvalue weighted by Gasteiger charge is 2.52. The maximum Gasteiger partial charge on any atom is 0.499 e. The quantitative estimate of drug-likeness (QED) is 0.440. The molecule has 1 heterocycles. The van der Waals surface area contributed by atoms with E-state index >= 15 is 0 Å². The standard InChI is InChI=1S/C32H39B2O2/c1-21-16-23(3)29(24(4)17-21)33(30-25(5)18-22(2)19-26(30)6)20-28(27-14-12-11-13-15-27)34-35-31(7,8)32(9,10)36-34/h11-19H,1-10H3/q-1. The van der Waals surface area contributed by atoms with Crippen molar-refractivity contribution >= 4 is 35.5 Å². The molecule has 0 N–H and O–H groups in total. The lowest BCUT2D eigenvalue weighted by molar-refractivity contribution is 0.00578. The van der Waals surface area contributed by atoms with E-state index in [4.69, 9.17) is 9.31 Å². The molecule has 4 heteroatoms.